The van der Waals surface area contributed by atoms with Crippen molar-refractivity contribution in [3.8, 4) is 5.75 Å². The van der Waals surface area contributed by atoms with Gasteiger partial charge in [-0.25, -0.2) is 4.90 Å². The van der Waals surface area contributed by atoms with Gasteiger partial charge in [0.1, 0.15) is 5.75 Å². The highest BCUT2D eigenvalue weighted by Crippen LogP contribution is 2.38. The molecule has 1 aliphatic carbocycles. The fourth-order valence-electron chi connectivity index (χ4n) is 5.15. The van der Waals surface area contributed by atoms with Gasteiger partial charge in [-0.15, -0.1) is 0 Å². The van der Waals surface area contributed by atoms with Gasteiger partial charge in [0.05, 0.1) is 23.4 Å². The van der Waals surface area contributed by atoms with E-state index in [9.17, 15) is 19.2 Å². The van der Waals surface area contributed by atoms with E-state index < -0.39 is 11.9 Å². The number of anilines is 2. The first kappa shape index (κ1) is 22.1. The van der Waals surface area contributed by atoms with E-state index in [2.05, 4.69) is 0 Å². The number of nitrogens with zero attached hydrogens (tertiary/aromatic N) is 2. The van der Waals surface area contributed by atoms with Gasteiger partial charge >= 0.3 is 5.97 Å². The first-order valence-electron chi connectivity index (χ1n) is 11.6. The van der Waals surface area contributed by atoms with Crippen LogP contribution in [-0.4, -0.2) is 30.2 Å². The molecule has 174 valence electrons. The van der Waals surface area contributed by atoms with E-state index in [0.29, 0.717) is 18.5 Å². The molecule has 0 aromatic heterocycles. The van der Waals surface area contributed by atoms with Gasteiger partial charge in [-0.1, -0.05) is 35.9 Å². The normalized spacial score (nSPS) is 24.1. The van der Waals surface area contributed by atoms with E-state index in [4.69, 9.17) is 4.74 Å². The van der Waals surface area contributed by atoms with Crippen LogP contribution in [0.3, 0.4) is 0 Å². The first-order valence-corrected chi connectivity index (χ1v) is 11.6. The van der Waals surface area contributed by atoms with Gasteiger partial charge < -0.3 is 9.64 Å². The summed E-state index contributed by atoms with van der Waals surface area (Å²) in [6.45, 7) is 4.19. The van der Waals surface area contributed by atoms with Gasteiger partial charge in [0.15, 0.2) is 0 Å². The van der Waals surface area contributed by atoms with Crippen molar-refractivity contribution in [1.82, 2.24) is 0 Å². The van der Waals surface area contributed by atoms with Crippen LogP contribution in [0.25, 0.3) is 0 Å². The van der Waals surface area contributed by atoms with Gasteiger partial charge in [-0.05, 0) is 50.5 Å². The van der Waals surface area contributed by atoms with Gasteiger partial charge in [0.2, 0.25) is 17.7 Å². The van der Waals surface area contributed by atoms with Crippen molar-refractivity contribution in [2.45, 2.75) is 33.1 Å². The number of allylic oxidation sites excluding steroid dienone is 2. The smallest absolute Gasteiger partial charge is 0.316 e. The summed E-state index contributed by atoms with van der Waals surface area (Å²) >= 11 is 0. The van der Waals surface area contributed by atoms with Crippen molar-refractivity contribution in [1.29, 1.82) is 0 Å². The van der Waals surface area contributed by atoms with Gasteiger partial charge in [-0.2, -0.15) is 0 Å². The first-order chi connectivity index (χ1) is 16.3. The number of aryl methyl sites for hydroxylation is 2. The average molecular weight is 459 g/mol. The van der Waals surface area contributed by atoms with Crippen molar-refractivity contribution >= 4 is 35.1 Å². The van der Waals surface area contributed by atoms with E-state index in [1.165, 1.54) is 11.0 Å². The number of fused-ring (bicyclic) bond motifs is 1. The lowest BCUT2D eigenvalue weighted by molar-refractivity contribution is -0.139. The van der Waals surface area contributed by atoms with Crippen molar-refractivity contribution in [3.05, 3.63) is 65.7 Å². The Balaban J connectivity index is 1.30. The second-order valence-corrected chi connectivity index (χ2v) is 9.28. The lowest BCUT2D eigenvalue weighted by atomic mass is 9.85. The molecule has 2 aromatic carbocycles. The van der Waals surface area contributed by atoms with Gasteiger partial charge in [-0.3, -0.25) is 19.2 Å². The number of carbonyl (C=O) groups excluding carboxylic acids is 4. The maximum atomic E-state index is 12.9. The van der Waals surface area contributed by atoms with E-state index >= 15 is 0 Å². The second kappa shape index (κ2) is 8.56. The average Bonchev–Trinajstić information content (AvgIpc) is 3.32. The van der Waals surface area contributed by atoms with E-state index in [0.717, 1.165) is 16.8 Å². The summed E-state index contributed by atoms with van der Waals surface area (Å²) in [5.41, 5.74) is 3.28. The molecule has 2 aromatic rings. The fourth-order valence-corrected chi connectivity index (χ4v) is 5.15. The lowest BCUT2D eigenvalue weighted by Crippen LogP contribution is -2.31. The molecule has 7 heteroatoms. The molecule has 2 aliphatic heterocycles. The minimum atomic E-state index is -0.596. The molecule has 7 nitrogen and oxygen atoms in total. The van der Waals surface area contributed by atoms with Crippen molar-refractivity contribution in [2.75, 3.05) is 16.3 Å². The number of amides is 3. The SMILES string of the molecule is Cc1ccc(N2C[C@H](C(=O)Oc3cccc(N4C(=O)[C@H]5CC=CC[C@H]5C4=O)c3)CC2=O)c(C)c1. The molecule has 5 rings (SSSR count). The number of rotatable bonds is 4. The Kier molecular flexibility index (Phi) is 5.55. The minimum Gasteiger partial charge on any atom is -0.426 e. The molecule has 3 amide bonds. The van der Waals surface area contributed by atoms with Crippen LogP contribution in [0.5, 0.6) is 5.75 Å². The molecule has 3 atom stereocenters. The Morgan fingerprint density at radius 1 is 0.941 bits per heavy atom. The summed E-state index contributed by atoms with van der Waals surface area (Å²) in [5.74, 6) is -2.06. The maximum absolute atomic E-state index is 12.9. The zero-order valence-corrected chi connectivity index (χ0v) is 19.2. The molecular weight excluding hydrogens is 432 g/mol. The Bertz CT molecular complexity index is 1210. The third-order valence-electron chi connectivity index (χ3n) is 6.90. The third kappa shape index (κ3) is 3.81. The van der Waals surface area contributed by atoms with Crippen LogP contribution in [-0.2, 0) is 19.2 Å². The molecular formula is C27H26N2O5. The van der Waals surface area contributed by atoms with Crippen LogP contribution in [0.4, 0.5) is 11.4 Å². The fraction of sp³-hybridized carbons (Fsp3) is 0.333. The monoisotopic (exact) mass is 458 g/mol. The predicted octanol–water partition coefficient (Wildman–Crippen LogP) is 3.72. The Labute approximate surface area is 198 Å². The van der Waals surface area contributed by atoms with Crippen LogP contribution in [0.1, 0.15) is 30.4 Å². The number of esters is 1. The number of hydrogen-bond acceptors (Lipinski definition) is 5. The second-order valence-electron chi connectivity index (χ2n) is 9.28. The molecule has 2 fully saturated rings. The van der Waals surface area contributed by atoms with Crippen LogP contribution < -0.4 is 14.5 Å². The van der Waals surface area contributed by atoms with Crippen LogP contribution >= 0.6 is 0 Å². The van der Waals surface area contributed by atoms with Crippen LogP contribution in [0, 0.1) is 31.6 Å². The maximum Gasteiger partial charge on any atom is 0.316 e. The number of imide groups is 1. The zero-order chi connectivity index (χ0) is 24.0. The highest BCUT2D eigenvalue weighted by atomic mass is 16.5. The van der Waals surface area contributed by atoms with Crippen LogP contribution in [0.2, 0.25) is 0 Å². The highest BCUT2D eigenvalue weighted by molar-refractivity contribution is 6.22. The Hall–Kier alpha value is -3.74. The molecule has 0 bridgehead atoms. The van der Waals surface area contributed by atoms with Crippen LogP contribution in [0.15, 0.2) is 54.6 Å². The minimum absolute atomic E-state index is 0.0747. The van der Waals surface area contributed by atoms with E-state index in [-0.39, 0.29) is 48.3 Å². The third-order valence-corrected chi connectivity index (χ3v) is 6.90. The standard InChI is InChI=1S/C27H26N2O5/c1-16-10-11-23(17(2)12-16)28-15-18(13-24(28)30)27(33)34-20-7-5-6-19(14-20)29-25(31)21-8-3-4-9-22(21)26(29)32/h3-7,10-12,14,18,21-22H,8-9,13,15H2,1-2H3/t18-,21-,22+/m1/s1. The molecule has 2 heterocycles. The van der Waals surface area contributed by atoms with Gasteiger partial charge in [0.25, 0.3) is 0 Å². The van der Waals surface area contributed by atoms with Crippen molar-refractivity contribution in [2.24, 2.45) is 17.8 Å². The van der Waals surface area contributed by atoms with E-state index in [1.807, 2.05) is 44.2 Å². The largest absolute Gasteiger partial charge is 0.426 e. The van der Waals surface area contributed by atoms with Gasteiger partial charge in [0, 0.05) is 24.7 Å². The van der Waals surface area contributed by atoms with Crippen molar-refractivity contribution in [3.63, 3.8) is 0 Å². The lowest BCUT2D eigenvalue weighted by Gasteiger charge is -2.19. The summed E-state index contributed by atoms with van der Waals surface area (Å²) in [7, 11) is 0. The quantitative estimate of drug-likeness (QED) is 0.302. The molecule has 0 unspecified atom stereocenters. The summed E-state index contributed by atoms with van der Waals surface area (Å²) in [4.78, 5) is 54.1. The number of hydrogen-bond donors (Lipinski definition) is 0. The zero-order valence-electron chi connectivity index (χ0n) is 19.2. The Morgan fingerprint density at radius 3 is 2.32 bits per heavy atom. The van der Waals surface area contributed by atoms with E-state index in [1.54, 1.807) is 23.1 Å². The highest BCUT2D eigenvalue weighted by Gasteiger charge is 2.48. The molecule has 3 aliphatic rings. The summed E-state index contributed by atoms with van der Waals surface area (Å²) in [6.07, 6.45) is 5.09. The molecule has 0 saturated carbocycles. The molecule has 0 radical (unpaired) electrons. The molecule has 2 saturated heterocycles. The summed E-state index contributed by atoms with van der Waals surface area (Å²) < 4.78 is 5.59. The number of ether oxygens (including phenoxy) is 1. The topological polar surface area (TPSA) is 84.0 Å². The number of benzene rings is 2. The number of carbonyl (C=O) groups is 4. The molecule has 0 spiro atoms. The Morgan fingerprint density at radius 2 is 1.65 bits per heavy atom. The molecule has 0 N–H and O–H groups in total. The predicted molar refractivity (Wildman–Crippen MR) is 126 cm³/mol. The molecule has 34 heavy (non-hydrogen) atoms. The van der Waals surface area contributed by atoms with Crippen molar-refractivity contribution < 1.29 is 23.9 Å². The summed E-state index contributed by atoms with van der Waals surface area (Å²) in [6, 6.07) is 12.3. The summed E-state index contributed by atoms with van der Waals surface area (Å²) in [5, 5.41) is 0.